The zero-order chi connectivity index (χ0) is 37.5. The fraction of sp³-hybridized carbons (Fsp3) is 0.609. The van der Waals surface area contributed by atoms with E-state index in [0.717, 1.165) is 59.2 Å². The Hall–Kier alpha value is -3.06. The molecule has 2 aromatic carbocycles. The van der Waals surface area contributed by atoms with Gasteiger partial charge in [-0.05, 0) is 141 Å². The van der Waals surface area contributed by atoms with Crippen LogP contribution in [0.4, 0.5) is 0 Å². The van der Waals surface area contributed by atoms with E-state index in [1.807, 2.05) is 12.1 Å². The maximum atomic E-state index is 13.3. The molecule has 3 fully saturated rings. The summed E-state index contributed by atoms with van der Waals surface area (Å²) in [5.74, 6) is 6.03. The van der Waals surface area contributed by atoms with E-state index >= 15 is 0 Å². The van der Waals surface area contributed by atoms with Crippen molar-refractivity contribution >= 4 is 32.9 Å². The summed E-state index contributed by atoms with van der Waals surface area (Å²) in [5, 5.41) is 0.378. The van der Waals surface area contributed by atoms with Gasteiger partial charge < -0.3 is 18.6 Å². The third-order valence-corrected chi connectivity index (χ3v) is 14.6. The number of aryl methyl sites for hydroxylation is 1. The summed E-state index contributed by atoms with van der Waals surface area (Å²) in [7, 11) is 0. The van der Waals surface area contributed by atoms with Crippen LogP contribution in [0.1, 0.15) is 117 Å². The van der Waals surface area contributed by atoms with Gasteiger partial charge >= 0.3 is 5.97 Å². The van der Waals surface area contributed by atoms with Crippen LogP contribution in [0.2, 0.25) is 0 Å². The predicted molar refractivity (Wildman–Crippen MR) is 214 cm³/mol. The molecule has 0 N–H and O–H groups in total. The van der Waals surface area contributed by atoms with E-state index in [1.54, 1.807) is 37.3 Å². The van der Waals surface area contributed by atoms with Crippen LogP contribution in [-0.4, -0.2) is 18.7 Å². The number of halogens is 1. The number of carbonyl (C=O) groups is 1. The number of benzene rings is 2. The SMILES string of the molecule is Cc1oc2cc(OCC(=O)O[C@H]3CC[C@@]4(C)C(=CC[C@H]5[C@H]4CC[C@]4(C)C[C@@H]([C@@H](C)CCCC(C)C)CC[C@@H]54)C3)ccc2c(=O)c1Oc1ccc(Br)cc1. The van der Waals surface area contributed by atoms with Crippen LogP contribution in [0.15, 0.2) is 67.8 Å². The van der Waals surface area contributed by atoms with Crippen molar-refractivity contribution in [2.24, 2.45) is 46.3 Å². The molecule has 7 heteroatoms. The van der Waals surface area contributed by atoms with E-state index in [4.69, 9.17) is 18.6 Å². The molecule has 53 heavy (non-hydrogen) atoms. The van der Waals surface area contributed by atoms with Crippen LogP contribution >= 0.6 is 15.9 Å². The Kier molecular flexibility index (Phi) is 11.2. The number of ether oxygens (including phenoxy) is 3. The zero-order valence-corrected chi connectivity index (χ0v) is 34.3. The molecule has 4 aliphatic rings. The van der Waals surface area contributed by atoms with E-state index in [2.05, 4.69) is 56.6 Å². The van der Waals surface area contributed by atoms with Gasteiger partial charge in [-0.15, -0.1) is 0 Å². The Morgan fingerprint density at radius 3 is 2.51 bits per heavy atom. The third kappa shape index (κ3) is 8.02. The summed E-state index contributed by atoms with van der Waals surface area (Å²) < 4.78 is 24.6. The number of rotatable bonds is 11. The minimum absolute atomic E-state index is 0.120. The Morgan fingerprint density at radius 2 is 1.74 bits per heavy atom. The first-order valence-corrected chi connectivity index (χ1v) is 21.1. The fourth-order valence-electron chi connectivity index (χ4n) is 11.1. The minimum atomic E-state index is -0.368. The molecule has 286 valence electrons. The van der Waals surface area contributed by atoms with Gasteiger partial charge in [0.15, 0.2) is 6.61 Å². The average molecular weight is 788 g/mol. The Balaban J connectivity index is 0.932. The summed E-state index contributed by atoms with van der Waals surface area (Å²) in [6.07, 6.45) is 17.5. The molecule has 0 aliphatic heterocycles. The van der Waals surface area contributed by atoms with Crippen LogP contribution in [0, 0.1) is 53.3 Å². The largest absolute Gasteiger partial charge is 0.482 e. The van der Waals surface area contributed by atoms with E-state index in [1.165, 1.54) is 63.4 Å². The van der Waals surface area contributed by atoms with Gasteiger partial charge in [0.2, 0.25) is 11.2 Å². The molecule has 0 bridgehead atoms. The monoisotopic (exact) mass is 786 g/mol. The molecule has 0 radical (unpaired) electrons. The van der Waals surface area contributed by atoms with Gasteiger partial charge in [-0.2, -0.15) is 0 Å². The molecule has 6 nitrogen and oxygen atoms in total. The Bertz CT molecular complexity index is 1880. The normalized spacial score (nSPS) is 30.1. The Morgan fingerprint density at radius 1 is 0.962 bits per heavy atom. The number of allylic oxidation sites excluding steroid dienone is 1. The first-order valence-electron chi connectivity index (χ1n) is 20.4. The quantitative estimate of drug-likeness (QED) is 0.142. The lowest BCUT2D eigenvalue weighted by atomic mass is 9.44. The number of esters is 1. The molecule has 3 aromatic rings. The second kappa shape index (κ2) is 15.6. The van der Waals surface area contributed by atoms with Crippen molar-refractivity contribution in [3.63, 3.8) is 0 Å². The van der Waals surface area contributed by atoms with Gasteiger partial charge in [-0.3, -0.25) is 4.79 Å². The average Bonchev–Trinajstić information content (AvgIpc) is 3.12. The van der Waals surface area contributed by atoms with Gasteiger partial charge in [-0.25, -0.2) is 4.79 Å². The predicted octanol–water partition coefficient (Wildman–Crippen LogP) is 12.4. The second-order valence-corrected chi connectivity index (χ2v) is 18.9. The molecule has 4 aliphatic carbocycles. The third-order valence-electron chi connectivity index (χ3n) is 14.1. The first kappa shape index (κ1) is 38.2. The van der Waals surface area contributed by atoms with E-state index in [9.17, 15) is 9.59 Å². The molecule has 1 aromatic heterocycles. The van der Waals surface area contributed by atoms with Gasteiger partial charge in [-0.1, -0.05) is 81.5 Å². The van der Waals surface area contributed by atoms with Crippen LogP contribution in [0.5, 0.6) is 17.2 Å². The highest BCUT2D eigenvalue weighted by Gasteiger charge is 2.56. The molecular formula is C46H59BrO6. The first-order chi connectivity index (χ1) is 25.3. The highest BCUT2D eigenvalue weighted by molar-refractivity contribution is 9.10. The van der Waals surface area contributed by atoms with Crippen molar-refractivity contribution in [2.45, 2.75) is 125 Å². The molecule has 1 heterocycles. The highest BCUT2D eigenvalue weighted by atomic mass is 79.9. The summed E-state index contributed by atoms with van der Waals surface area (Å²) in [6.45, 7) is 13.9. The fourth-order valence-corrected chi connectivity index (χ4v) is 11.3. The molecule has 0 unspecified atom stereocenters. The second-order valence-electron chi connectivity index (χ2n) is 18.0. The van der Waals surface area contributed by atoms with Gasteiger partial charge in [0.05, 0.1) is 5.39 Å². The molecule has 7 rings (SSSR count). The molecule has 0 saturated heterocycles. The standard InChI is InChI=1S/C46H59BrO6/c1-28(2)8-7-9-29(3)31-10-19-39-37-17-11-32-24-36(20-23-46(32,6)40(37)21-22-45(39,5)26-31)52-42(48)27-50-35-16-18-38-41(25-35)51-30(4)44(43(38)49)53-34-14-12-33(47)13-15-34/h11-16,18,25,28-29,31,36-37,39-40H,7-10,17,19-24,26-27H2,1-6H3/t29-,31-,36-,37+,39-,40+,45+,46-/m0/s1. The number of hydrogen-bond donors (Lipinski definition) is 0. The lowest BCUT2D eigenvalue weighted by Gasteiger charge is -2.61. The molecule has 8 atom stereocenters. The van der Waals surface area contributed by atoms with E-state index in [0.29, 0.717) is 33.6 Å². The molecule has 3 saturated carbocycles. The van der Waals surface area contributed by atoms with Gasteiger partial charge in [0.1, 0.15) is 28.9 Å². The van der Waals surface area contributed by atoms with Crippen LogP contribution in [-0.2, 0) is 9.53 Å². The molecule has 0 amide bonds. The summed E-state index contributed by atoms with van der Waals surface area (Å²) in [5.41, 5.74) is 2.32. The van der Waals surface area contributed by atoms with Gasteiger partial charge in [0.25, 0.3) is 0 Å². The lowest BCUT2D eigenvalue weighted by Crippen LogP contribution is -2.52. The maximum absolute atomic E-state index is 13.3. The van der Waals surface area contributed by atoms with Crippen molar-refractivity contribution in [1.29, 1.82) is 0 Å². The Labute approximate surface area is 324 Å². The van der Waals surface area contributed by atoms with E-state index < -0.39 is 0 Å². The smallest absolute Gasteiger partial charge is 0.344 e. The van der Waals surface area contributed by atoms with Crippen LogP contribution in [0.3, 0.4) is 0 Å². The van der Waals surface area contributed by atoms with Crippen LogP contribution < -0.4 is 14.9 Å². The molecule has 0 spiro atoms. The maximum Gasteiger partial charge on any atom is 0.344 e. The van der Waals surface area contributed by atoms with Crippen molar-refractivity contribution in [1.82, 2.24) is 0 Å². The number of fused-ring (bicyclic) bond motifs is 6. The minimum Gasteiger partial charge on any atom is -0.482 e. The van der Waals surface area contributed by atoms with Crippen molar-refractivity contribution in [3.05, 3.63) is 74.6 Å². The van der Waals surface area contributed by atoms with Crippen molar-refractivity contribution < 1.29 is 23.4 Å². The topological polar surface area (TPSA) is 75.0 Å². The highest BCUT2D eigenvalue weighted by Crippen LogP contribution is 2.65. The summed E-state index contributed by atoms with van der Waals surface area (Å²) in [4.78, 5) is 26.3. The lowest BCUT2D eigenvalue weighted by molar-refractivity contribution is -0.154. The molecular weight excluding hydrogens is 728 g/mol. The van der Waals surface area contributed by atoms with Crippen molar-refractivity contribution in [2.75, 3.05) is 6.61 Å². The number of carbonyl (C=O) groups excluding carboxylic acids is 1. The zero-order valence-electron chi connectivity index (χ0n) is 32.7. The summed E-state index contributed by atoms with van der Waals surface area (Å²) >= 11 is 3.41. The van der Waals surface area contributed by atoms with Gasteiger partial charge in [0, 0.05) is 17.0 Å². The summed E-state index contributed by atoms with van der Waals surface area (Å²) in [6, 6.07) is 12.2. The van der Waals surface area contributed by atoms with E-state index in [-0.39, 0.29) is 35.3 Å². The van der Waals surface area contributed by atoms with Crippen LogP contribution in [0.25, 0.3) is 11.0 Å². The van der Waals surface area contributed by atoms with Crippen molar-refractivity contribution in [3.8, 4) is 17.2 Å². The number of hydrogen-bond acceptors (Lipinski definition) is 6.